The van der Waals surface area contributed by atoms with Crippen LogP contribution in [0.2, 0.25) is 0 Å². The van der Waals surface area contributed by atoms with Crippen LogP contribution in [-0.4, -0.2) is 266 Å². The number of nitrogens with one attached hydrogen (secondary N) is 2. The predicted octanol–water partition coefficient (Wildman–Crippen LogP) is 3.53. The topological polar surface area (TPSA) is 343 Å². The van der Waals surface area contributed by atoms with Crippen molar-refractivity contribution in [3.63, 3.8) is 0 Å². The summed E-state index contributed by atoms with van der Waals surface area (Å²) < 4.78 is 95.8. The van der Waals surface area contributed by atoms with E-state index in [9.17, 15) is 24.3 Å². The number of Topliss-reactive ketones (excluding diaryl/α,β-unsaturated/α-hetero) is 1. The van der Waals surface area contributed by atoms with Crippen molar-refractivity contribution in [2.24, 2.45) is 24.6 Å². The number of oxazole rings is 1. The van der Waals surface area contributed by atoms with Gasteiger partial charge in [0.1, 0.15) is 35.4 Å². The van der Waals surface area contributed by atoms with Crippen molar-refractivity contribution in [2.45, 2.75) is 45.3 Å². The number of aliphatic hydroxyl groups excluding tert-OH is 1. The molecule has 0 radical (unpaired) electrons. The van der Waals surface area contributed by atoms with E-state index in [-0.39, 0.29) is 35.4 Å². The monoisotopic (exact) mass is 1360 g/mol. The molecule has 3 aromatic heterocycles. The van der Waals surface area contributed by atoms with Crippen LogP contribution < -0.4 is 26.7 Å². The van der Waals surface area contributed by atoms with Gasteiger partial charge in [0.05, 0.1) is 204 Å². The fourth-order valence-corrected chi connectivity index (χ4v) is 8.77. The van der Waals surface area contributed by atoms with Crippen molar-refractivity contribution < 1.29 is 99.7 Å². The van der Waals surface area contributed by atoms with Crippen molar-refractivity contribution in [3.8, 4) is 17.3 Å². The molecule has 5 rings (SSSR count). The lowest BCUT2D eigenvalue weighted by Gasteiger charge is -2.22. The van der Waals surface area contributed by atoms with Gasteiger partial charge >= 0.3 is 0 Å². The maximum absolute atomic E-state index is 12.9. The maximum atomic E-state index is 12.9. The molecule has 5 aromatic rings. The van der Waals surface area contributed by atoms with Crippen LogP contribution in [0.5, 0.6) is 5.75 Å². The van der Waals surface area contributed by atoms with E-state index in [1.54, 1.807) is 37.4 Å². The molecule has 0 aliphatic heterocycles. The summed E-state index contributed by atoms with van der Waals surface area (Å²) in [6.45, 7) is 17.5. The summed E-state index contributed by atoms with van der Waals surface area (Å²) in [6, 6.07) is 19.9. The molecule has 536 valence electrons. The Morgan fingerprint density at radius 2 is 1.01 bits per heavy atom. The summed E-state index contributed by atoms with van der Waals surface area (Å²) in [6.07, 6.45) is 0.921. The van der Waals surface area contributed by atoms with Crippen molar-refractivity contribution in [2.75, 3.05) is 217 Å². The van der Waals surface area contributed by atoms with Crippen LogP contribution >= 0.6 is 0 Å². The number of aliphatic hydroxyl groups is 1. The lowest BCUT2D eigenvalue weighted by atomic mass is 9.88. The average molecular weight is 1360 g/mol. The third kappa shape index (κ3) is 36.9. The highest BCUT2D eigenvalue weighted by Gasteiger charge is 2.29. The number of benzene rings is 2. The van der Waals surface area contributed by atoms with Crippen LogP contribution in [-0.2, 0) is 94.1 Å². The second-order valence-electron chi connectivity index (χ2n) is 21.8. The first-order valence-electron chi connectivity index (χ1n) is 32.8. The van der Waals surface area contributed by atoms with Crippen LogP contribution in [0.15, 0.2) is 88.2 Å². The zero-order valence-corrected chi connectivity index (χ0v) is 56.0. The first kappa shape index (κ1) is 80.4. The molecule has 2 amide bonds. The van der Waals surface area contributed by atoms with E-state index in [2.05, 4.69) is 25.7 Å². The summed E-state index contributed by atoms with van der Waals surface area (Å²) in [4.78, 5) is 59.0. The molecule has 2 aromatic carbocycles. The van der Waals surface area contributed by atoms with Crippen LogP contribution in [0, 0.1) is 11.8 Å². The molecule has 0 aliphatic carbocycles. The highest BCUT2D eigenvalue weighted by Crippen LogP contribution is 2.25. The summed E-state index contributed by atoms with van der Waals surface area (Å²) >= 11 is 0. The van der Waals surface area contributed by atoms with E-state index in [4.69, 9.17) is 85.9 Å². The number of ketones is 1. The third-order valence-corrected chi connectivity index (χ3v) is 13.7. The minimum Gasteiger partial charge on any atom is -0.490 e. The molecule has 29 heteroatoms. The number of fused-ring (bicyclic) bond motifs is 1. The molecule has 0 fully saturated rings. The van der Waals surface area contributed by atoms with E-state index in [1.165, 1.54) is 23.0 Å². The largest absolute Gasteiger partial charge is 0.490 e. The molecule has 0 spiro atoms. The zero-order valence-electron chi connectivity index (χ0n) is 56.0. The molecular weight excluding hydrogens is 1250 g/mol. The van der Waals surface area contributed by atoms with Gasteiger partial charge in [-0.25, -0.2) is 14.6 Å². The van der Waals surface area contributed by atoms with Gasteiger partial charge in [0.25, 0.3) is 11.5 Å². The standard InChI is InChI=1S/C67H101N7O22/c1-52(2)47-54(49-61(75)64(77)57(68)48-53-7-5-4-6-8-53)65(78)69-15-16-80-17-18-81-19-20-82-21-22-83-23-24-84-25-26-85-27-28-86-29-30-87-31-32-88-33-34-89-35-36-90-37-38-91-39-40-92-41-42-93-43-44-94-45-46-95-56-10-11-58(70-51-56)66(79)71-55-9-13-62-60(50-55)72-67(96-62)59-12-14-63(76)74(3)73-59/h4-14,50-52,54,57,64,77H,15-49,68H2,1-3H3,(H,69,78)(H,71,79)/t54-,57-,64+/m1/s1. The zero-order chi connectivity index (χ0) is 68.3. The molecule has 0 unspecified atom stereocenters. The number of pyridine rings is 1. The minimum atomic E-state index is -1.35. The lowest BCUT2D eigenvalue weighted by molar-refractivity contribution is -0.134. The fraction of sp³-hybridized carbons (Fsp3) is 0.627. The number of amides is 2. The van der Waals surface area contributed by atoms with Gasteiger partial charge in [-0.2, -0.15) is 5.10 Å². The maximum Gasteiger partial charge on any atom is 0.274 e. The van der Waals surface area contributed by atoms with E-state index in [0.717, 1.165) is 5.56 Å². The second kappa shape index (κ2) is 51.8. The third-order valence-electron chi connectivity index (χ3n) is 13.7. The number of hydrogen-bond donors (Lipinski definition) is 4. The Bertz CT molecular complexity index is 2870. The quantitative estimate of drug-likeness (QED) is 0.0405. The van der Waals surface area contributed by atoms with E-state index < -0.39 is 29.8 Å². The van der Waals surface area contributed by atoms with Gasteiger partial charge in [0, 0.05) is 43.7 Å². The van der Waals surface area contributed by atoms with Crippen molar-refractivity contribution in [3.05, 3.63) is 101 Å². The normalized spacial score (nSPS) is 12.6. The number of rotatable bonds is 61. The molecule has 29 nitrogen and oxygen atoms in total. The van der Waals surface area contributed by atoms with Crippen LogP contribution in [0.4, 0.5) is 5.69 Å². The Morgan fingerprint density at radius 3 is 1.44 bits per heavy atom. The molecular formula is C67H101N7O22. The van der Waals surface area contributed by atoms with Crippen LogP contribution in [0.3, 0.4) is 0 Å². The van der Waals surface area contributed by atoms with Gasteiger partial charge in [-0.05, 0) is 60.7 Å². The van der Waals surface area contributed by atoms with Gasteiger partial charge in [-0.3, -0.25) is 19.2 Å². The van der Waals surface area contributed by atoms with Crippen molar-refractivity contribution in [1.82, 2.24) is 25.1 Å². The Kier molecular flexibility index (Phi) is 43.4. The molecule has 3 heterocycles. The van der Waals surface area contributed by atoms with E-state index in [1.807, 2.05) is 44.2 Å². The summed E-state index contributed by atoms with van der Waals surface area (Å²) in [5, 5.41) is 20.4. The predicted molar refractivity (Wildman–Crippen MR) is 352 cm³/mol. The summed E-state index contributed by atoms with van der Waals surface area (Å²) in [5.41, 5.74) is 8.95. The first-order valence-corrected chi connectivity index (χ1v) is 32.8. The van der Waals surface area contributed by atoms with Crippen LogP contribution in [0.25, 0.3) is 22.7 Å². The number of aromatic nitrogens is 4. The van der Waals surface area contributed by atoms with Crippen molar-refractivity contribution >= 4 is 34.4 Å². The van der Waals surface area contributed by atoms with Gasteiger partial charge in [-0.15, -0.1) is 0 Å². The molecule has 5 N–H and O–H groups in total. The van der Waals surface area contributed by atoms with Gasteiger partial charge in [-0.1, -0.05) is 44.2 Å². The molecule has 3 atom stereocenters. The van der Waals surface area contributed by atoms with Gasteiger partial charge < -0.3 is 102 Å². The second-order valence-corrected chi connectivity index (χ2v) is 21.8. The first-order chi connectivity index (χ1) is 47.0. The molecule has 0 saturated heterocycles. The number of nitrogens with two attached hydrogens (primary N) is 1. The summed E-state index contributed by atoms with van der Waals surface area (Å²) in [7, 11) is 1.54. The molecule has 0 bridgehead atoms. The number of carbonyl (C=O) groups is 3. The molecule has 96 heavy (non-hydrogen) atoms. The SMILES string of the molecule is CC(C)C[C@H](CC(=O)[C@@H](O)[C@H](N)Cc1ccccc1)C(=O)NCCOCCOCCOCCOCCOCCOCCOCCOCCOCCOCCOCCOCCOCCOCCOCCOc1ccc(C(=O)Nc2ccc3oc(-c4ccc(=O)n(C)n4)nc3c2)nc1. The number of anilines is 1. The Hall–Kier alpha value is -6.33. The lowest BCUT2D eigenvalue weighted by Crippen LogP contribution is -2.44. The number of aryl methyl sites for hydroxylation is 1. The van der Waals surface area contributed by atoms with Gasteiger partial charge in [0.15, 0.2) is 11.4 Å². The number of ether oxygens (including phenoxy) is 16. The Balaban J connectivity index is 0.656. The highest BCUT2D eigenvalue weighted by atomic mass is 16.6. The smallest absolute Gasteiger partial charge is 0.274 e. The van der Waals surface area contributed by atoms with Crippen molar-refractivity contribution in [1.29, 1.82) is 0 Å². The highest BCUT2D eigenvalue weighted by molar-refractivity contribution is 6.03. The van der Waals surface area contributed by atoms with E-state index in [0.29, 0.717) is 252 Å². The number of nitrogens with zero attached hydrogens (tertiary/aromatic N) is 4. The molecule has 0 saturated carbocycles. The number of hydrogen-bond acceptors (Lipinski definition) is 26. The van der Waals surface area contributed by atoms with Gasteiger partial charge in [0.2, 0.25) is 11.8 Å². The molecule has 0 aliphatic rings. The minimum absolute atomic E-state index is 0.0773. The Morgan fingerprint density at radius 1 is 0.562 bits per heavy atom. The van der Waals surface area contributed by atoms with E-state index >= 15 is 0 Å². The summed E-state index contributed by atoms with van der Waals surface area (Å²) in [5.74, 6) is -0.712. The van der Waals surface area contributed by atoms with Crippen LogP contribution in [0.1, 0.15) is 42.7 Å². The Labute approximate surface area is 561 Å². The fourth-order valence-electron chi connectivity index (χ4n) is 8.77. The number of carbonyl (C=O) groups excluding carboxylic acids is 3. The average Bonchev–Trinajstić information content (AvgIpc) is 1.71.